The highest BCUT2D eigenvalue weighted by atomic mass is 32.2. The molecule has 0 saturated carbocycles. The van der Waals surface area contributed by atoms with Gasteiger partial charge in [0, 0.05) is 18.7 Å². The van der Waals surface area contributed by atoms with Crippen molar-refractivity contribution >= 4 is 21.8 Å². The van der Waals surface area contributed by atoms with Crippen molar-refractivity contribution in [3.8, 4) is 5.75 Å². The van der Waals surface area contributed by atoms with E-state index in [-0.39, 0.29) is 24.0 Å². The second kappa shape index (κ2) is 10.5. The van der Waals surface area contributed by atoms with Crippen LogP contribution in [0, 0.1) is 11.6 Å². The van der Waals surface area contributed by atoms with Gasteiger partial charge in [-0.15, -0.1) is 0 Å². The van der Waals surface area contributed by atoms with Crippen molar-refractivity contribution in [3.05, 3.63) is 89.5 Å². The Morgan fingerprint density at radius 1 is 1.00 bits per heavy atom. The lowest BCUT2D eigenvalue weighted by Crippen LogP contribution is -2.39. The third-order valence-corrected chi connectivity index (χ3v) is 6.23. The Morgan fingerprint density at radius 2 is 1.67 bits per heavy atom. The third kappa shape index (κ3) is 6.72. The first-order valence-electron chi connectivity index (χ1n) is 10.5. The maximum atomic E-state index is 13.9. The molecule has 0 heterocycles. The number of urea groups is 1. The first-order chi connectivity index (χ1) is 16.8. The summed E-state index contributed by atoms with van der Waals surface area (Å²) < 4.78 is 95.5. The minimum absolute atomic E-state index is 0.0486. The zero-order valence-electron chi connectivity index (χ0n) is 19.0. The van der Waals surface area contributed by atoms with Gasteiger partial charge in [-0.2, -0.15) is 21.6 Å². The van der Waals surface area contributed by atoms with E-state index in [1.165, 1.54) is 29.2 Å². The monoisotopic (exact) mass is 528 g/mol. The van der Waals surface area contributed by atoms with Crippen LogP contribution in [-0.4, -0.2) is 25.4 Å². The summed E-state index contributed by atoms with van der Waals surface area (Å²) in [5.74, 6) is -1.87. The van der Waals surface area contributed by atoms with E-state index in [4.69, 9.17) is 4.18 Å². The molecule has 3 aromatic carbocycles. The highest BCUT2D eigenvalue weighted by molar-refractivity contribution is 7.87. The maximum Gasteiger partial charge on any atom is 0.416 e. The molecule has 2 amide bonds. The number of alkyl halides is 3. The van der Waals surface area contributed by atoms with Crippen LogP contribution in [0.1, 0.15) is 25.0 Å². The fourth-order valence-electron chi connectivity index (χ4n) is 3.12. The molecule has 3 rings (SSSR count). The van der Waals surface area contributed by atoms with Gasteiger partial charge in [0.25, 0.3) is 0 Å². The van der Waals surface area contributed by atoms with Crippen LogP contribution < -0.4 is 9.50 Å². The summed E-state index contributed by atoms with van der Waals surface area (Å²) in [5, 5.41) is 2.38. The van der Waals surface area contributed by atoms with Crippen LogP contribution in [0.3, 0.4) is 0 Å². The molecule has 0 aliphatic carbocycles. The molecule has 3 aromatic rings. The van der Waals surface area contributed by atoms with Gasteiger partial charge in [0.05, 0.1) is 11.3 Å². The largest absolute Gasteiger partial charge is 0.416 e. The average molecular weight is 528 g/mol. The van der Waals surface area contributed by atoms with Gasteiger partial charge in [0.15, 0.2) is 0 Å². The SMILES string of the molecule is CC(C)N(Cc1ccc(OS(=O)(=O)c2cccc(C(F)(F)F)c2)cc1)C(=O)Nc1ccc(F)cc1F. The van der Waals surface area contributed by atoms with Crippen LogP contribution >= 0.6 is 0 Å². The number of nitrogens with zero attached hydrogens (tertiary/aromatic N) is 1. The molecule has 0 aliphatic rings. The minimum atomic E-state index is -4.72. The predicted molar refractivity (Wildman–Crippen MR) is 122 cm³/mol. The van der Waals surface area contributed by atoms with Gasteiger partial charge in [0.1, 0.15) is 22.3 Å². The molecule has 0 fully saturated rings. The van der Waals surface area contributed by atoms with E-state index in [9.17, 15) is 35.2 Å². The number of nitrogens with one attached hydrogen (secondary N) is 1. The van der Waals surface area contributed by atoms with E-state index < -0.39 is 44.4 Å². The molecule has 6 nitrogen and oxygen atoms in total. The number of benzene rings is 3. The van der Waals surface area contributed by atoms with Crippen LogP contribution in [0.25, 0.3) is 0 Å². The highest BCUT2D eigenvalue weighted by Crippen LogP contribution is 2.31. The Bertz CT molecular complexity index is 1340. The predicted octanol–water partition coefficient (Wildman–Crippen LogP) is 6.19. The van der Waals surface area contributed by atoms with Gasteiger partial charge in [-0.1, -0.05) is 18.2 Å². The molecule has 0 bridgehead atoms. The molecule has 0 aliphatic heterocycles. The lowest BCUT2D eigenvalue weighted by atomic mass is 10.2. The molecule has 0 aromatic heterocycles. The number of hydrogen-bond donors (Lipinski definition) is 1. The van der Waals surface area contributed by atoms with Gasteiger partial charge in [-0.25, -0.2) is 13.6 Å². The number of carbonyl (C=O) groups is 1. The van der Waals surface area contributed by atoms with Crippen molar-refractivity contribution in [2.45, 2.75) is 37.5 Å². The summed E-state index contributed by atoms with van der Waals surface area (Å²) in [7, 11) is -4.54. The fourth-order valence-corrected chi connectivity index (χ4v) is 4.09. The molecular weight excluding hydrogens is 507 g/mol. The quantitative estimate of drug-likeness (QED) is 0.293. The highest BCUT2D eigenvalue weighted by Gasteiger charge is 2.32. The molecule has 0 spiro atoms. The molecule has 0 atom stereocenters. The smallest absolute Gasteiger partial charge is 0.379 e. The Kier molecular flexibility index (Phi) is 7.87. The molecule has 192 valence electrons. The average Bonchev–Trinajstić information content (AvgIpc) is 2.79. The second-order valence-electron chi connectivity index (χ2n) is 7.98. The maximum absolute atomic E-state index is 13.9. The first-order valence-corrected chi connectivity index (χ1v) is 11.9. The molecule has 36 heavy (non-hydrogen) atoms. The second-order valence-corrected chi connectivity index (χ2v) is 9.53. The lowest BCUT2D eigenvalue weighted by Gasteiger charge is -2.27. The summed E-state index contributed by atoms with van der Waals surface area (Å²) in [6.07, 6.45) is -4.72. The Labute approximate surface area is 204 Å². The van der Waals surface area contributed by atoms with E-state index in [2.05, 4.69) is 5.32 Å². The molecule has 12 heteroatoms. The summed E-state index contributed by atoms with van der Waals surface area (Å²) in [6.45, 7) is 3.49. The van der Waals surface area contributed by atoms with Gasteiger partial charge >= 0.3 is 22.3 Å². The van der Waals surface area contributed by atoms with E-state index in [0.717, 1.165) is 30.3 Å². The summed E-state index contributed by atoms with van der Waals surface area (Å²) in [5.41, 5.74) is -0.770. The number of anilines is 1. The number of amides is 2. The molecule has 0 unspecified atom stereocenters. The normalized spacial score (nSPS) is 11.9. The first kappa shape index (κ1) is 26.9. The topological polar surface area (TPSA) is 75.7 Å². The number of carbonyl (C=O) groups excluding carboxylic acids is 1. The zero-order chi connectivity index (χ0) is 26.7. The molecular formula is C24H21F5N2O4S. The van der Waals surface area contributed by atoms with Crippen molar-refractivity contribution in [1.82, 2.24) is 4.90 Å². The van der Waals surface area contributed by atoms with E-state index in [1.807, 2.05) is 0 Å². The van der Waals surface area contributed by atoms with E-state index >= 15 is 0 Å². The van der Waals surface area contributed by atoms with Crippen LogP contribution in [-0.2, 0) is 22.8 Å². The Morgan fingerprint density at radius 3 is 2.25 bits per heavy atom. The summed E-state index contributed by atoms with van der Waals surface area (Å²) in [6, 6.07) is 10.5. The Balaban J connectivity index is 1.72. The van der Waals surface area contributed by atoms with Crippen molar-refractivity contribution in [3.63, 3.8) is 0 Å². The standard InChI is InChI=1S/C24H21F5N2O4S/c1-15(2)31(23(32)30-22-11-8-18(25)13-21(22)26)14-16-6-9-19(10-7-16)35-36(33,34)20-5-3-4-17(12-20)24(27,28)29/h3-13,15H,14H2,1-2H3,(H,30,32). The minimum Gasteiger partial charge on any atom is -0.379 e. The Hall–Kier alpha value is -3.67. The van der Waals surface area contributed by atoms with Crippen LogP contribution in [0.4, 0.5) is 32.4 Å². The number of hydrogen-bond acceptors (Lipinski definition) is 4. The number of halogens is 5. The van der Waals surface area contributed by atoms with Gasteiger partial charge in [-0.05, 0) is 61.9 Å². The van der Waals surface area contributed by atoms with Crippen molar-refractivity contribution in [2.75, 3.05) is 5.32 Å². The summed E-state index contributed by atoms with van der Waals surface area (Å²) >= 11 is 0. The van der Waals surface area contributed by atoms with Crippen molar-refractivity contribution in [1.29, 1.82) is 0 Å². The fraction of sp³-hybridized carbons (Fsp3) is 0.208. The van der Waals surface area contributed by atoms with Crippen LogP contribution in [0.2, 0.25) is 0 Å². The van der Waals surface area contributed by atoms with Gasteiger partial charge in [-0.3, -0.25) is 0 Å². The lowest BCUT2D eigenvalue weighted by molar-refractivity contribution is -0.137. The van der Waals surface area contributed by atoms with Crippen LogP contribution in [0.5, 0.6) is 5.75 Å². The van der Waals surface area contributed by atoms with E-state index in [0.29, 0.717) is 17.7 Å². The van der Waals surface area contributed by atoms with Crippen LogP contribution in [0.15, 0.2) is 71.6 Å². The molecule has 1 N–H and O–H groups in total. The molecule has 0 radical (unpaired) electrons. The van der Waals surface area contributed by atoms with Gasteiger partial charge in [0.2, 0.25) is 0 Å². The summed E-state index contributed by atoms with van der Waals surface area (Å²) in [4.78, 5) is 13.4. The number of rotatable bonds is 7. The van der Waals surface area contributed by atoms with E-state index in [1.54, 1.807) is 13.8 Å². The zero-order valence-corrected chi connectivity index (χ0v) is 19.8. The third-order valence-electron chi connectivity index (χ3n) is 4.99. The molecule has 0 saturated heterocycles. The van der Waals surface area contributed by atoms with Crippen molar-refractivity contribution in [2.24, 2.45) is 0 Å². The van der Waals surface area contributed by atoms with Crippen molar-refractivity contribution < 1.29 is 39.3 Å². The van der Waals surface area contributed by atoms with Gasteiger partial charge < -0.3 is 14.4 Å².